The number of fused-ring (bicyclic) bond motifs is 2. The van der Waals surface area contributed by atoms with Crippen LogP contribution in [0.1, 0.15) is 76.2 Å². The van der Waals surface area contributed by atoms with E-state index in [9.17, 15) is 14.4 Å². The molecule has 4 N–H and O–H groups in total. The van der Waals surface area contributed by atoms with Crippen molar-refractivity contribution in [2.75, 3.05) is 36.9 Å². The van der Waals surface area contributed by atoms with Crippen molar-refractivity contribution in [1.82, 2.24) is 24.9 Å². The van der Waals surface area contributed by atoms with E-state index >= 15 is 0 Å². The van der Waals surface area contributed by atoms with Crippen LogP contribution in [0.15, 0.2) is 59.9 Å². The van der Waals surface area contributed by atoms with E-state index in [1.807, 2.05) is 61.1 Å². The first kappa shape index (κ1) is 39.6. The van der Waals surface area contributed by atoms with Crippen LogP contribution in [0, 0.1) is 29.6 Å². The molecule has 0 bridgehead atoms. The minimum atomic E-state index is -0.650. The van der Waals surface area contributed by atoms with Gasteiger partial charge in [0.2, 0.25) is 5.91 Å². The summed E-state index contributed by atoms with van der Waals surface area (Å²) in [5.74, 6) is 6.79. The zero-order chi connectivity index (χ0) is 40.4. The fourth-order valence-corrected chi connectivity index (χ4v) is 8.84. The Hall–Kier alpha value is -5.62. The van der Waals surface area contributed by atoms with Crippen LogP contribution in [-0.4, -0.2) is 99.9 Å². The van der Waals surface area contributed by atoms with E-state index in [0.29, 0.717) is 17.1 Å². The smallest absolute Gasteiger partial charge is 0.255 e. The van der Waals surface area contributed by atoms with Gasteiger partial charge in [-0.25, -0.2) is 0 Å². The zero-order valence-electron chi connectivity index (χ0n) is 32.4. The molecule has 2 aromatic carbocycles. The number of amidine groups is 2. The van der Waals surface area contributed by atoms with E-state index in [1.54, 1.807) is 36.0 Å². The van der Waals surface area contributed by atoms with Gasteiger partial charge in [0.05, 0.1) is 34.4 Å². The molecule has 2 atom stereocenters. The summed E-state index contributed by atoms with van der Waals surface area (Å²) in [5, 5.41) is 29.5. The third-order valence-electron chi connectivity index (χ3n) is 10.6. The maximum atomic E-state index is 13.2. The molecule has 0 aliphatic carbocycles. The van der Waals surface area contributed by atoms with Crippen molar-refractivity contribution in [1.29, 1.82) is 10.8 Å². The molecule has 1 fully saturated rings. The molecule has 3 aliphatic rings. The lowest BCUT2D eigenvalue weighted by atomic mass is 9.99. The van der Waals surface area contributed by atoms with E-state index in [4.69, 9.17) is 27.4 Å². The molecule has 15 heteroatoms. The lowest BCUT2D eigenvalue weighted by Gasteiger charge is -2.40. The Kier molecular flexibility index (Phi) is 11.7. The van der Waals surface area contributed by atoms with Crippen molar-refractivity contribution in [2.45, 2.75) is 71.2 Å². The first-order valence-electron chi connectivity index (χ1n) is 19.0. The average molecular weight is 805 g/mol. The van der Waals surface area contributed by atoms with Crippen LogP contribution >= 0.6 is 22.9 Å². The number of benzene rings is 2. The molecular weight excluding hydrogens is 760 g/mol. The minimum absolute atomic E-state index is 0.159. The summed E-state index contributed by atoms with van der Waals surface area (Å²) < 4.78 is 1.92. The van der Waals surface area contributed by atoms with Crippen molar-refractivity contribution in [3.05, 3.63) is 98.1 Å². The highest BCUT2D eigenvalue weighted by Gasteiger charge is 2.36. The van der Waals surface area contributed by atoms with E-state index in [1.165, 1.54) is 11.3 Å². The van der Waals surface area contributed by atoms with Crippen molar-refractivity contribution in [3.63, 3.8) is 0 Å². The topological polar surface area (TPSA) is 163 Å². The molecular formula is C42H45ClN10O3S. The Morgan fingerprint density at radius 2 is 1.93 bits per heavy atom. The van der Waals surface area contributed by atoms with Crippen LogP contribution in [-0.2, 0) is 22.7 Å². The van der Waals surface area contributed by atoms with Gasteiger partial charge in [-0.2, -0.15) is 5.10 Å². The van der Waals surface area contributed by atoms with Gasteiger partial charge in [-0.15, -0.1) is 11.3 Å². The average Bonchev–Trinajstić information content (AvgIpc) is 3.85. The number of hydrogen-bond acceptors (Lipinski definition) is 10. The molecule has 2 aromatic heterocycles. The maximum Gasteiger partial charge on any atom is 0.255 e. The number of nitrogens with one attached hydrogen (secondary N) is 4. The number of hydrogen-bond donors (Lipinski definition) is 4. The molecule has 1 unspecified atom stereocenters. The van der Waals surface area contributed by atoms with E-state index < -0.39 is 12.1 Å². The normalized spacial score (nSPS) is 17.1. The van der Waals surface area contributed by atoms with Crippen LogP contribution in [0.4, 0.5) is 10.7 Å². The summed E-state index contributed by atoms with van der Waals surface area (Å²) in [5.41, 5.74) is 6.68. The molecule has 3 aliphatic heterocycles. The molecule has 0 radical (unpaired) electrons. The van der Waals surface area contributed by atoms with Gasteiger partial charge in [-0.1, -0.05) is 41.6 Å². The molecule has 4 aromatic rings. The number of amides is 2. The predicted octanol–water partition coefficient (Wildman–Crippen LogP) is 5.56. The van der Waals surface area contributed by atoms with Crippen molar-refractivity contribution in [2.24, 2.45) is 4.99 Å². The summed E-state index contributed by atoms with van der Waals surface area (Å²) in [6.07, 6.45) is 5.88. The summed E-state index contributed by atoms with van der Waals surface area (Å²) in [7, 11) is 1.56. The fourth-order valence-electron chi connectivity index (χ4n) is 7.49. The van der Waals surface area contributed by atoms with E-state index in [-0.39, 0.29) is 42.4 Å². The van der Waals surface area contributed by atoms with Gasteiger partial charge < -0.3 is 20.3 Å². The van der Waals surface area contributed by atoms with Crippen LogP contribution in [0.2, 0.25) is 5.02 Å². The summed E-state index contributed by atoms with van der Waals surface area (Å²) in [4.78, 5) is 48.2. The van der Waals surface area contributed by atoms with Crippen LogP contribution < -0.4 is 15.5 Å². The SMILES string of the molecule is CNC(=O)CCC(C=O)N1Cc2c(NC3CN(CCCn4cc(C#Cc5sc6c(c5C)C(c5ccc(Cl)cc5)=N[C@@H](C)C(=N)N6C(C)=N)cn4)C3)cccc2C1=O. The molecule has 57 heavy (non-hydrogen) atoms. The predicted molar refractivity (Wildman–Crippen MR) is 225 cm³/mol. The van der Waals surface area contributed by atoms with Crippen LogP contribution in [0.25, 0.3) is 0 Å². The number of aliphatic imine (C=N–C) groups is 1. The second-order valence-electron chi connectivity index (χ2n) is 14.6. The number of aromatic nitrogens is 2. The van der Waals surface area contributed by atoms with E-state index in [2.05, 4.69) is 32.5 Å². The quantitative estimate of drug-likeness (QED) is 0.0631. The fraction of sp³-hybridized carbons (Fsp3) is 0.357. The van der Waals surface area contributed by atoms with Gasteiger partial charge in [-0.3, -0.25) is 39.9 Å². The Bertz CT molecular complexity index is 2330. The van der Waals surface area contributed by atoms with Gasteiger partial charge in [0.15, 0.2) is 0 Å². The number of aldehydes is 1. The van der Waals surface area contributed by atoms with E-state index in [0.717, 1.165) is 88.0 Å². The van der Waals surface area contributed by atoms with Gasteiger partial charge >= 0.3 is 0 Å². The van der Waals surface area contributed by atoms with Gasteiger partial charge in [0.25, 0.3) is 5.91 Å². The molecule has 7 rings (SSSR count). The monoisotopic (exact) mass is 804 g/mol. The Balaban J connectivity index is 0.943. The molecule has 1 saturated heterocycles. The molecule has 294 valence electrons. The standard InChI is InChI=1S/C42H45ClN10O3S/c1-25-36(57-42-38(25)39(29-10-12-30(43)13-11-29)48-26(2)40(45)53(42)27(3)44)15-9-28-19-47-51(20-28)18-6-17-50-21-31(22-50)49-35-8-5-7-33-34(35)23-52(41(33)56)32(24-54)14-16-37(55)46-4/h5,7-8,10-13,19-20,24,26,31-32,44-45,49H,6,14,16-18,21-23H2,1-4H3,(H,46,55)/t26-,32?/m0/s1. The minimum Gasteiger partial charge on any atom is -0.379 e. The largest absolute Gasteiger partial charge is 0.379 e. The second-order valence-corrected chi connectivity index (χ2v) is 16.0. The molecule has 13 nitrogen and oxygen atoms in total. The highest BCUT2D eigenvalue weighted by molar-refractivity contribution is 7.17. The number of carbonyl (C=O) groups excluding carboxylic acids is 3. The number of halogens is 1. The molecule has 2 amide bonds. The second kappa shape index (κ2) is 16.9. The van der Waals surface area contributed by atoms with Crippen molar-refractivity contribution < 1.29 is 14.4 Å². The highest BCUT2D eigenvalue weighted by atomic mass is 35.5. The number of carbonyl (C=O) groups is 3. The van der Waals surface area contributed by atoms with Gasteiger partial charge in [0.1, 0.15) is 29.0 Å². The Morgan fingerprint density at radius 3 is 2.65 bits per heavy atom. The number of aryl methyl sites for hydroxylation is 1. The summed E-state index contributed by atoms with van der Waals surface area (Å²) >= 11 is 7.67. The van der Waals surface area contributed by atoms with Gasteiger partial charge in [0, 0.05) is 85.4 Å². The summed E-state index contributed by atoms with van der Waals surface area (Å²) in [6, 6.07) is 12.3. The number of likely N-dealkylation sites (tertiary alicyclic amines) is 1. The number of anilines is 2. The lowest BCUT2D eigenvalue weighted by Crippen LogP contribution is -2.55. The zero-order valence-corrected chi connectivity index (χ0v) is 33.9. The lowest BCUT2D eigenvalue weighted by molar-refractivity contribution is -0.121. The number of thiophene rings is 1. The Labute approximate surface area is 341 Å². The van der Waals surface area contributed by atoms with Crippen LogP contribution in [0.5, 0.6) is 0 Å². The number of rotatable bonds is 12. The first-order valence-corrected chi connectivity index (χ1v) is 20.2. The van der Waals surface area contributed by atoms with Gasteiger partial charge in [-0.05, 0) is 63.4 Å². The molecule has 5 heterocycles. The van der Waals surface area contributed by atoms with Crippen LogP contribution in [0.3, 0.4) is 0 Å². The van der Waals surface area contributed by atoms with Crippen molar-refractivity contribution >= 4 is 69.1 Å². The summed E-state index contributed by atoms with van der Waals surface area (Å²) in [6.45, 7) is 9.34. The molecule has 0 spiro atoms. The third-order valence-corrected chi connectivity index (χ3v) is 12.1. The molecule has 0 saturated carbocycles. The third kappa shape index (κ3) is 8.27. The Morgan fingerprint density at radius 1 is 1.16 bits per heavy atom. The first-order chi connectivity index (χ1) is 27.4. The van der Waals surface area contributed by atoms with Crippen molar-refractivity contribution in [3.8, 4) is 11.8 Å². The number of nitrogens with zero attached hydrogens (tertiary/aromatic N) is 6. The highest BCUT2D eigenvalue weighted by Crippen LogP contribution is 2.40. The maximum absolute atomic E-state index is 13.2.